The maximum atomic E-state index is 14.3. The fraction of sp³-hybridized carbons (Fsp3) is 0.500. The fourth-order valence-corrected chi connectivity index (χ4v) is 4.07. The van der Waals surface area contributed by atoms with E-state index in [-0.39, 0.29) is 30.0 Å². The van der Waals surface area contributed by atoms with Gasteiger partial charge >= 0.3 is 0 Å². The van der Waals surface area contributed by atoms with E-state index < -0.39 is 11.6 Å². The maximum absolute atomic E-state index is 14.3. The molecule has 0 bridgehead atoms. The summed E-state index contributed by atoms with van der Waals surface area (Å²) < 4.78 is 48.5. The third-order valence-electron chi connectivity index (χ3n) is 5.82. The molecule has 2 aromatic carbocycles. The molecule has 1 aliphatic rings. The van der Waals surface area contributed by atoms with Crippen LogP contribution in [0.15, 0.2) is 30.3 Å². The van der Waals surface area contributed by atoms with Crippen LogP contribution in [0.5, 0.6) is 0 Å². The van der Waals surface area contributed by atoms with Gasteiger partial charge in [-0.25, -0.2) is 13.2 Å². The van der Waals surface area contributed by atoms with Crippen molar-refractivity contribution < 1.29 is 17.9 Å². The lowest BCUT2D eigenvalue weighted by molar-refractivity contribution is 0.0116. The summed E-state index contributed by atoms with van der Waals surface area (Å²) in [7, 11) is 0. The number of halogens is 3. The second kappa shape index (κ2) is 9.60. The minimum atomic E-state index is -0.794. The van der Waals surface area contributed by atoms with E-state index >= 15 is 0 Å². The highest BCUT2D eigenvalue weighted by molar-refractivity contribution is 5.28. The van der Waals surface area contributed by atoms with Crippen LogP contribution < -0.4 is 0 Å². The SMILES string of the molecule is CCCc1ccc(COC2CCC(c3ccc(CC)cc3F)CC2)c(F)c1F. The lowest BCUT2D eigenvalue weighted by Crippen LogP contribution is -2.21. The van der Waals surface area contributed by atoms with Crippen LogP contribution >= 0.6 is 0 Å². The first-order chi connectivity index (χ1) is 13.5. The molecule has 0 unspecified atom stereocenters. The van der Waals surface area contributed by atoms with Gasteiger partial charge in [0.25, 0.3) is 0 Å². The van der Waals surface area contributed by atoms with Crippen LogP contribution in [0, 0.1) is 17.5 Å². The van der Waals surface area contributed by atoms with Gasteiger partial charge in [-0.3, -0.25) is 0 Å². The van der Waals surface area contributed by atoms with Crippen LogP contribution in [-0.4, -0.2) is 6.10 Å². The van der Waals surface area contributed by atoms with Crippen LogP contribution in [-0.2, 0) is 24.2 Å². The van der Waals surface area contributed by atoms with Gasteiger partial charge in [-0.05, 0) is 67.2 Å². The summed E-state index contributed by atoms with van der Waals surface area (Å²) in [5, 5.41) is 0. The number of benzene rings is 2. The van der Waals surface area contributed by atoms with Gasteiger partial charge in [0.2, 0.25) is 0 Å². The van der Waals surface area contributed by atoms with Gasteiger partial charge in [0.15, 0.2) is 11.6 Å². The molecule has 0 atom stereocenters. The minimum Gasteiger partial charge on any atom is -0.373 e. The Morgan fingerprint density at radius 1 is 0.893 bits per heavy atom. The molecule has 152 valence electrons. The Morgan fingerprint density at radius 2 is 1.57 bits per heavy atom. The second-order valence-corrected chi connectivity index (χ2v) is 7.76. The Balaban J connectivity index is 1.54. The topological polar surface area (TPSA) is 9.23 Å². The highest BCUT2D eigenvalue weighted by Gasteiger charge is 2.25. The van der Waals surface area contributed by atoms with E-state index in [1.165, 1.54) is 0 Å². The predicted molar refractivity (Wildman–Crippen MR) is 106 cm³/mol. The standard InChI is InChI=1S/C24H29F3O/c1-3-5-18-7-8-19(24(27)23(18)26)15-28-20-11-9-17(10-12-20)21-13-6-16(4-2)14-22(21)25/h6-8,13-14,17,20H,3-5,9-12,15H2,1-2H3. The molecule has 0 radical (unpaired) electrons. The third-order valence-corrected chi connectivity index (χ3v) is 5.82. The quantitative estimate of drug-likeness (QED) is 0.502. The molecule has 0 saturated heterocycles. The van der Waals surface area contributed by atoms with Gasteiger partial charge < -0.3 is 4.74 Å². The van der Waals surface area contributed by atoms with Crippen molar-refractivity contribution in [2.45, 2.75) is 77.4 Å². The summed E-state index contributed by atoms with van der Waals surface area (Å²) >= 11 is 0. The average molecular weight is 390 g/mol. The van der Waals surface area contributed by atoms with Crippen molar-refractivity contribution in [3.05, 3.63) is 70.0 Å². The summed E-state index contributed by atoms with van der Waals surface area (Å²) in [5.74, 6) is -1.46. The summed E-state index contributed by atoms with van der Waals surface area (Å²) in [6.07, 6.45) is 5.44. The second-order valence-electron chi connectivity index (χ2n) is 7.76. The predicted octanol–water partition coefficient (Wildman–Crippen LogP) is 6.86. The minimum absolute atomic E-state index is 0.00649. The molecule has 1 saturated carbocycles. The van der Waals surface area contributed by atoms with E-state index in [0.29, 0.717) is 12.0 Å². The molecule has 4 heteroatoms. The maximum Gasteiger partial charge on any atom is 0.164 e. The van der Waals surface area contributed by atoms with E-state index in [1.54, 1.807) is 18.2 Å². The van der Waals surface area contributed by atoms with Crippen molar-refractivity contribution in [1.29, 1.82) is 0 Å². The smallest absolute Gasteiger partial charge is 0.164 e. The fourth-order valence-electron chi connectivity index (χ4n) is 4.07. The number of hydrogen-bond acceptors (Lipinski definition) is 1. The van der Waals surface area contributed by atoms with Crippen molar-refractivity contribution in [2.75, 3.05) is 0 Å². The van der Waals surface area contributed by atoms with Crippen molar-refractivity contribution >= 4 is 0 Å². The van der Waals surface area contributed by atoms with Crippen molar-refractivity contribution in [3.8, 4) is 0 Å². The third kappa shape index (κ3) is 4.78. The molecule has 0 amide bonds. The summed E-state index contributed by atoms with van der Waals surface area (Å²) in [4.78, 5) is 0. The van der Waals surface area contributed by atoms with E-state index in [9.17, 15) is 13.2 Å². The zero-order valence-electron chi connectivity index (χ0n) is 16.7. The first kappa shape index (κ1) is 20.9. The summed E-state index contributed by atoms with van der Waals surface area (Å²) in [5.41, 5.74) is 2.48. The highest BCUT2D eigenvalue weighted by atomic mass is 19.2. The average Bonchev–Trinajstić information content (AvgIpc) is 2.71. The van der Waals surface area contributed by atoms with Crippen LogP contribution in [0.1, 0.15) is 74.1 Å². The van der Waals surface area contributed by atoms with E-state index in [1.807, 2.05) is 26.0 Å². The van der Waals surface area contributed by atoms with E-state index in [2.05, 4.69) is 0 Å². The molecule has 1 fully saturated rings. The Hall–Kier alpha value is -1.81. The van der Waals surface area contributed by atoms with Crippen LogP contribution in [0.3, 0.4) is 0 Å². The Kier molecular flexibility index (Phi) is 7.17. The molecule has 0 heterocycles. The molecular weight excluding hydrogens is 361 g/mol. The van der Waals surface area contributed by atoms with E-state index in [4.69, 9.17) is 4.74 Å². The largest absolute Gasteiger partial charge is 0.373 e. The zero-order valence-corrected chi connectivity index (χ0v) is 16.7. The number of hydrogen-bond donors (Lipinski definition) is 0. The van der Waals surface area contributed by atoms with E-state index in [0.717, 1.165) is 49.7 Å². The Morgan fingerprint density at radius 3 is 2.21 bits per heavy atom. The molecule has 0 spiro atoms. The molecule has 3 rings (SSSR count). The molecular formula is C24H29F3O. The molecule has 2 aromatic rings. The first-order valence-corrected chi connectivity index (χ1v) is 10.4. The summed E-state index contributed by atoms with van der Waals surface area (Å²) in [6.45, 7) is 4.03. The molecule has 0 aliphatic heterocycles. The number of rotatable bonds is 7. The molecule has 1 aliphatic carbocycles. The van der Waals surface area contributed by atoms with Gasteiger partial charge in [0, 0.05) is 5.56 Å². The Bertz CT molecular complexity index is 795. The molecule has 28 heavy (non-hydrogen) atoms. The van der Waals surface area contributed by atoms with Gasteiger partial charge in [-0.1, -0.05) is 44.5 Å². The Labute approximate surface area is 165 Å². The van der Waals surface area contributed by atoms with Crippen molar-refractivity contribution in [1.82, 2.24) is 0 Å². The van der Waals surface area contributed by atoms with Crippen LogP contribution in [0.2, 0.25) is 0 Å². The summed E-state index contributed by atoms with van der Waals surface area (Å²) in [6, 6.07) is 8.83. The lowest BCUT2D eigenvalue weighted by Gasteiger charge is -2.29. The number of ether oxygens (including phenoxy) is 1. The molecule has 0 N–H and O–H groups in total. The van der Waals surface area contributed by atoms with Gasteiger partial charge in [-0.2, -0.15) is 0 Å². The van der Waals surface area contributed by atoms with Gasteiger partial charge in [0.05, 0.1) is 12.7 Å². The first-order valence-electron chi connectivity index (χ1n) is 10.4. The molecule has 1 nitrogen and oxygen atoms in total. The lowest BCUT2D eigenvalue weighted by atomic mass is 9.82. The normalized spacial score (nSPS) is 19.8. The highest BCUT2D eigenvalue weighted by Crippen LogP contribution is 2.36. The monoisotopic (exact) mass is 390 g/mol. The molecule has 0 aromatic heterocycles. The van der Waals surface area contributed by atoms with Gasteiger partial charge in [0.1, 0.15) is 5.82 Å². The zero-order chi connectivity index (χ0) is 20.1. The van der Waals surface area contributed by atoms with Crippen molar-refractivity contribution in [2.24, 2.45) is 0 Å². The van der Waals surface area contributed by atoms with Crippen LogP contribution in [0.4, 0.5) is 13.2 Å². The number of aryl methyl sites for hydroxylation is 2. The van der Waals surface area contributed by atoms with Crippen molar-refractivity contribution in [3.63, 3.8) is 0 Å². The van der Waals surface area contributed by atoms with Crippen LogP contribution in [0.25, 0.3) is 0 Å². The van der Waals surface area contributed by atoms with Gasteiger partial charge in [-0.15, -0.1) is 0 Å².